The third-order valence-corrected chi connectivity index (χ3v) is 3.45. The Morgan fingerprint density at radius 3 is 2.27 bits per heavy atom. The first-order chi connectivity index (χ1) is 12.5. The van der Waals surface area contributed by atoms with Gasteiger partial charge in [-0.15, -0.1) is 0 Å². The number of rotatable bonds is 7. The minimum absolute atomic E-state index is 0.139. The van der Waals surface area contributed by atoms with E-state index in [4.69, 9.17) is 0 Å². The molecule has 2 aromatic rings. The predicted molar refractivity (Wildman–Crippen MR) is 100 cm³/mol. The summed E-state index contributed by atoms with van der Waals surface area (Å²) in [6, 6.07) is 13.7. The average Bonchev–Trinajstić information content (AvgIpc) is 2.61. The van der Waals surface area contributed by atoms with Crippen LogP contribution in [0.4, 0.5) is 17.1 Å². The lowest BCUT2D eigenvalue weighted by molar-refractivity contribution is -0.116. The molecule has 7 nitrogen and oxygen atoms in total. The highest BCUT2D eigenvalue weighted by Gasteiger charge is 2.06. The predicted octanol–water partition coefficient (Wildman–Crippen LogP) is 2.87. The number of methoxy groups -OCH3 is 1. The van der Waals surface area contributed by atoms with Crippen molar-refractivity contribution in [1.82, 2.24) is 0 Å². The van der Waals surface area contributed by atoms with Crippen molar-refractivity contribution in [3.05, 3.63) is 54.1 Å². The second-order valence-electron chi connectivity index (χ2n) is 5.56. The molecule has 7 heteroatoms. The third-order valence-electron chi connectivity index (χ3n) is 3.45. The number of anilines is 3. The van der Waals surface area contributed by atoms with Gasteiger partial charge in [-0.1, -0.05) is 6.07 Å². The summed E-state index contributed by atoms with van der Waals surface area (Å²) in [5.41, 5.74) is 2.53. The smallest absolute Gasteiger partial charge is 0.337 e. The zero-order chi connectivity index (χ0) is 18.9. The standard InChI is InChI=1S/C19H21N3O4/c1-13(23)21-17-5-3-4-16(12-17)20-11-10-18(24)22-15-8-6-14(7-9-15)19(25)26-2/h3-9,12,20H,10-11H2,1-2H3,(H,21,23)(H,22,24). The van der Waals surface area contributed by atoms with E-state index in [2.05, 4.69) is 20.7 Å². The van der Waals surface area contributed by atoms with Crippen LogP contribution in [0.5, 0.6) is 0 Å². The molecule has 0 fully saturated rings. The molecule has 0 aromatic heterocycles. The maximum atomic E-state index is 12.0. The maximum Gasteiger partial charge on any atom is 0.337 e. The van der Waals surface area contributed by atoms with Crippen LogP contribution in [0.25, 0.3) is 0 Å². The number of esters is 1. The van der Waals surface area contributed by atoms with Gasteiger partial charge in [-0.2, -0.15) is 0 Å². The lowest BCUT2D eigenvalue weighted by Gasteiger charge is -2.09. The zero-order valence-electron chi connectivity index (χ0n) is 14.7. The molecule has 0 aliphatic carbocycles. The molecular formula is C19H21N3O4. The lowest BCUT2D eigenvalue weighted by Crippen LogP contribution is -2.16. The molecule has 2 rings (SSSR count). The maximum absolute atomic E-state index is 12.0. The van der Waals surface area contributed by atoms with Crippen molar-refractivity contribution in [1.29, 1.82) is 0 Å². The van der Waals surface area contributed by atoms with Gasteiger partial charge in [0.15, 0.2) is 0 Å². The quantitative estimate of drug-likeness (QED) is 0.664. The molecule has 3 N–H and O–H groups in total. The molecule has 0 spiro atoms. The number of hydrogen-bond donors (Lipinski definition) is 3. The van der Waals surface area contributed by atoms with E-state index in [1.54, 1.807) is 36.4 Å². The highest BCUT2D eigenvalue weighted by molar-refractivity contribution is 5.93. The Labute approximate surface area is 151 Å². The molecule has 2 amide bonds. The van der Waals surface area contributed by atoms with Crippen LogP contribution in [0, 0.1) is 0 Å². The molecule has 0 aliphatic rings. The van der Waals surface area contributed by atoms with E-state index in [-0.39, 0.29) is 18.2 Å². The topological polar surface area (TPSA) is 96.5 Å². The Hall–Kier alpha value is -3.35. The minimum Gasteiger partial charge on any atom is -0.465 e. The van der Waals surface area contributed by atoms with Gasteiger partial charge in [0.1, 0.15) is 0 Å². The molecule has 136 valence electrons. The van der Waals surface area contributed by atoms with Gasteiger partial charge in [0, 0.05) is 37.0 Å². The zero-order valence-corrected chi connectivity index (χ0v) is 14.7. The van der Waals surface area contributed by atoms with E-state index in [0.29, 0.717) is 23.5 Å². The summed E-state index contributed by atoms with van der Waals surface area (Å²) in [7, 11) is 1.32. The summed E-state index contributed by atoms with van der Waals surface area (Å²) in [4.78, 5) is 34.4. The van der Waals surface area contributed by atoms with Crippen LogP contribution in [0.15, 0.2) is 48.5 Å². The number of carbonyl (C=O) groups excluding carboxylic acids is 3. The van der Waals surface area contributed by atoms with Crippen LogP contribution in [0.2, 0.25) is 0 Å². The van der Waals surface area contributed by atoms with E-state index in [1.165, 1.54) is 14.0 Å². The summed E-state index contributed by atoms with van der Waals surface area (Å²) >= 11 is 0. The summed E-state index contributed by atoms with van der Waals surface area (Å²) in [6.07, 6.45) is 0.267. The minimum atomic E-state index is -0.423. The third kappa shape index (κ3) is 5.94. The van der Waals surface area contributed by atoms with Crippen molar-refractivity contribution >= 4 is 34.8 Å². The Bertz CT molecular complexity index is 788. The number of amides is 2. The molecule has 0 saturated heterocycles. The second kappa shape index (κ2) is 9.22. The Balaban J connectivity index is 1.80. The van der Waals surface area contributed by atoms with Crippen molar-refractivity contribution in [2.24, 2.45) is 0 Å². The van der Waals surface area contributed by atoms with Crippen molar-refractivity contribution in [2.75, 3.05) is 29.6 Å². The second-order valence-corrected chi connectivity index (χ2v) is 5.56. The normalized spacial score (nSPS) is 9.92. The van der Waals surface area contributed by atoms with E-state index < -0.39 is 5.97 Å². The van der Waals surface area contributed by atoms with E-state index in [9.17, 15) is 14.4 Å². The molecule has 26 heavy (non-hydrogen) atoms. The van der Waals surface area contributed by atoms with Crippen LogP contribution in [0.1, 0.15) is 23.7 Å². The Morgan fingerprint density at radius 2 is 1.62 bits per heavy atom. The summed E-state index contributed by atoms with van der Waals surface area (Å²) in [5, 5.41) is 8.60. The first-order valence-electron chi connectivity index (χ1n) is 8.07. The van der Waals surface area contributed by atoms with Gasteiger partial charge in [0.05, 0.1) is 12.7 Å². The average molecular weight is 355 g/mol. The molecule has 0 saturated carbocycles. The molecule has 0 aliphatic heterocycles. The van der Waals surface area contributed by atoms with Gasteiger partial charge in [-0.05, 0) is 42.5 Å². The van der Waals surface area contributed by atoms with Crippen LogP contribution >= 0.6 is 0 Å². The summed E-state index contributed by atoms with van der Waals surface area (Å²) in [5.74, 6) is -0.713. The van der Waals surface area contributed by atoms with Crippen molar-refractivity contribution < 1.29 is 19.1 Å². The highest BCUT2D eigenvalue weighted by Crippen LogP contribution is 2.15. The van der Waals surface area contributed by atoms with Crippen molar-refractivity contribution in [2.45, 2.75) is 13.3 Å². The van der Waals surface area contributed by atoms with Gasteiger partial charge in [-0.25, -0.2) is 4.79 Å². The molecule has 0 bridgehead atoms. The number of ether oxygens (including phenoxy) is 1. The van der Waals surface area contributed by atoms with Crippen LogP contribution < -0.4 is 16.0 Å². The summed E-state index contributed by atoms with van der Waals surface area (Å²) < 4.78 is 4.62. The largest absolute Gasteiger partial charge is 0.465 e. The summed E-state index contributed by atoms with van der Waals surface area (Å²) in [6.45, 7) is 1.89. The van der Waals surface area contributed by atoms with E-state index >= 15 is 0 Å². The first-order valence-corrected chi connectivity index (χ1v) is 8.07. The van der Waals surface area contributed by atoms with Gasteiger partial charge in [0.2, 0.25) is 11.8 Å². The monoisotopic (exact) mass is 355 g/mol. The van der Waals surface area contributed by atoms with Gasteiger partial charge in [0.25, 0.3) is 0 Å². The molecule has 0 radical (unpaired) electrons. The molecular weight excluding hydrogens is 334 g/mol. The fourth-order valence-electron chi connectivity index (χ4n) is 2.26. The molecule has 0 heterocycles. The number of nitrogens with one attached hydrogen (secondary N) is 3. The van der Waals surface area contributed by atoms with Crippen LogP contribution in [-0.4, -0.2) is 31.4 Å². The molecule has 0 atom stereocenters. The lowest BCUT2D eigenvalue weighted by atomic mass is 10.2. The van der Waals surface area contributed by atoms with Crippen molar-refractivity contribution in [3.8, 4) is 0 Å². The first kappa shape index (κ1) is 19.0. The Kier molecular flexibility index (Phi) is 6.73. The van der Waals surface area contributed by atoms with E-state index in [0.717, 1.165) is 5.69 Å². The molecule has 0 unspecified atom stereocenters. The van der Waals surface area contributed by atoms with E-state index in [1.807, 2.05) is 12.1 Å². The fraction of sp³-hybridized carbons (Fsp3) is 0.211. The Morgan fingerprint density at radius 1 is 0.923 bits per heavy atom. The van der Waals surface area contributed by atoms with Gasteiger partial charge in [-0.3, -0.25) is 9.59 Å². The van der Waals surface area contributed by atoms with Crippen LogP contribution in [-0.2, 0) is 14.3 Å². The highest BCUT2D eigenvalue weighted by atomic mass is 16.5. The van der Waals surface area contributed by atoms with Crippen LogP contribution in [0.3, 0.4) is 0 Å². The number of hydrogen-bond acceptors (Lipinski definition) is 5. The SMILES string of the molecule is COC(=O)c1ccc(NC(=O)CCNc2cccc(NC(C)=O)c2)cc1. The van der Waals surface area contributed by atoms with Gasteiger partial charge >= 0.3 is 5.97 Å². The number of carbonyl (C=O) groups is 3. The fourth-order valence-corrected chi connectivity index (χ4v) is 2.26. The van der Waals surface area contributed by atoms with Crippen molar-refractivity contribution in [3.63, 3.8) is 0 Å². The van der Waals surface area contributed by atoms with Gasteiger partial charge < -0.3 is 20.7 Å². The molecule has 2 aromatic carbocycles. The number of benzene rings is 2.